The fraction of sp³-hybridized carbons (Fsp3) is 0.182. The number of pyridine rings is 1. The number of phenolic OH excluding ortho intramolecular Hbond substituents is 1. The third-order valence-electron chi connectivity index (χ3n) is 5.13. The number of hydrogen-bond acceptors (Lipinski definition) is 4. The number of amides is 1. The van der Waals surface area contributed by atoms with Gasteiger partial charge in [-0.2, -0.15) is 0 Å². The summed E-state index contributed by atoms with van der Waals surface area (Å²) in [7, 11) is 0. The molecule has 140 valence electrons. The van der Waals surface area contributed by atoms with Gasteiger partial charge in [-0.1, -0.05) is 30.3 Å². The highest BCUT2D eigenvalue weighted by Crippen LogP contribution is 2.33. The van der Waals surface area contributed by atoms with Crippen LogP contribution >= 0.6 is 0 Å². The molecule has 2 aromatic heterocycles. The number of para-hydroxylation sites is 1. The summed E-state index contributed by atoms with van der Waals surface area (Å²) < 4.78 is 5.36. The molecule has 1 amide bonds. The normalized spacial score (nSPS) is 14.6. The number of carbonyl (C=O) groups is 1. The van der Waals surface area contributed by atoms with E-state index in [1.807, 2.05) is 36.4 Å². The molecule has 0 radical (unpaired) electrons. The Balaban J connectivity index is 1.75. The van der Waals surface area contributed by atoms with Crippen molar-refractivity contribution in [3.05, 3.63) is 60.3 Å². The molecule has 2 aromatic carbocycles. The molecule has 6 nitrogen and oxygen atoms in total. The Kier molecular flexibility index (Phi) is 3.98. The van der Waals surface area contributed by atoms with E-state index in [4.69, 9.17) is 9.72 Å². The quantitative estimate of drug-likeness (QED) is 0.563. The summed E-state index contributed by atoms with van der Waals surface area (Å²) in [5.74, 6) is 0.0605. The molecule has 1 saturated heterocycles. The summed E-state index contributed by atoms with van der Waals surface area (Å²) in [5.41, 5.74) is 3.65. The van der Waals surface area contributed by atoms with Crippen molar-refractivity contribution in [2.45, 2.75) is 0 Å². The third-order valence-corrected chi connectivity index (χ3v) is 5.13. The van der Waals surface area contributed by atoms with E-state index in [9.17, 15) is 9.90 Å². The second kappa shape index (κ2) is 6.65. The van der Waals surface area contributed by atoms with Crippen LogP contribution in [0.25, 0.3) is 33.1 Å². The Morgan fingerprint density at radius 3 is 2.68 bits per heavy atom. The topological polar surface area (TPSA) is 78.5 Å². The number of nitrogens with zero attached hydrogens (tertiary/aromatic N) is 2. The summed E-state index contributed by atoms with van der Waals surface area (Å²) >= 11 is 0. The first-order chi connectivity index (χ1) is 13.7. The third kappa shape index (κ3) is 2.78. The molecule has 2 N–H and O–H groups in total. The zero-order chi connectivity index (χ0) is 19.1. The lowest BCUT2D eigenvalue weighted by atomic mass is 10.1. The molecule has 0 saturated carbocycles. The predicted octanol–water partition coefficient (Wildman–Crippen LogP) is 3.56. The van der Waals surface area contributed by atoms with Gasteiger partial charge in [-0.05, 0) is 24.3 Å². The van der Waals surface area contributed by atoms with Crippen molar-refractivity contribution in [3.8, 4) is 17.0 Å². The molecule has 0 bridgehead atoms. The SMILES string of the molecule is O=C(c1cc2c([nH]c3ccccc32)c(-c2cccc(O)c2)n1)N1CCOCC1. The number of benzene rings is 2. The van der Waals surface area contributed by atoms with Gasteiger partial charge in [0.15, 0.2) is 0 Å². The number of rotatable bonds is 2. The lowest BCUT2D eigenvalue weighted by Crippen LogP contribution is -2.41. The van der Waals surface area contributed by atoms with Crippen LogP contribution in [0.15, 0.2) is 54.6 Å². The van der Waals surface area contributed by atoms with Crippen LogP contribution < -0.4 is 0 Å². The van der Waals surface area contributed by atoms with Gasteiger partial charge in [0.25, 0.3) is 5.91 Å². The maximum absolute atomic E-state index is 13.1. The molecular formula is C22H19N3O3. The van der Waals surface area contributed by atoms with Gasteiger partial charge in [0.2, 0.25) is 0 Å². The van der Waals surface area contributed by atoms with Crippen LogP contribution in [0.2, 0.25) is 0 Å². The van der Waals surface area contributed by atoms with Gasteiger partial charge < -0.3 is 19.7 Å². The van der Waals surface area contributed by atoms with Crippen LogP contribution in [0.4, 0.5) is 0 Å². The van der Waals surface area contributed by atoms with Gasteiger partial charge in [0, 0.05) is 34.9 Å². The summed E-state index contributed by atoms with van der Waals surface area (Å²) in [6, 6.07) is 16.8. The second-order valence-electron chi connectivity index (χ2n) is 6.90. The highest BCUT2D eigenvalue weighted by Gasteiger charge is 2.22. The number of aromatic amines is 1. The van der Waals surface area contributed by atoms with Gasteiger partial charge in [-0.3, -0.25) is 4.79 Å². The molecule has 0 spiro atoms. The van der Waals surface area contributed by atoms with Crippen molar-refractivity contribution in [2.75, 3.05) is 26.3 Å². The van der Waals surface area contributed by atoms with E-state index in [2.05, 4.69) is 4.98 Å². The zero-order valence-corrected chi connectivity index (χ0v) is 15.2. The minimum Gasteiger partial charge on any atom is -0.508 e. The van der Waals surface area contributed by atoms with E-state index in [0.29, 0.717) is 37.7 Å². The fourth-order valence-electron chi connectivity index (χ4n) is 3.75. The maximum atomic E-state index is 13.1. The van der Waals surface area contributed by atoms with Crippen LogP contribution in [-0.4, -0.2) is 52.2 Å². The smallest absolute Gasteiger partial charge is 0.272 e. The van der Waals surface area contributed by atoms with E-state index in [1.54, 1.807) is 23.1 Å². The predicted molar refractivity (Wildman–Crippen MR) is 107 cm³/mol. The number of aromatic hydroxyl groups is 1. The van der Waals surface area contributed by atoms with E-state index < -0.39 is 0 Å². The van der Waals surface area contributed by atoms with E-state index in [0.717, 1.165) is 27.4 Å². The number of aromatic nitrogens is 2. The van der Waals surface area contributed by atoms with Gasteiger partial charge in [0.1, 0.15) is 11.4 Å². The first-order valence-electron chi connectivity index (χ1n) is 9.28. The molecule has 0 atom stereocenters. The number of ether oxygens (including phenoxy) is 1. The Labute approximate surface area is 161 Å². The minimum absolute atomic E-state index is 0.100. The Bertz CT molecular complexity index is 1190. The summed E-state index contributed by atoms with van der Waals surface area (Å²) in [5, 5.41) is 11.9. The molecule has 28 heavy (non-hydrogen) atoms. The number of H-pyrrole nitrogens is 1. The largest absolute Gasteiger partial charge is 0.508 e. The Hall–Kier alpha value is -3.38. The highest BCUT2D eigenvalue weighted by molar-refractivity contribution is 6.13. The van der Waals surface area contributed by atoms with E-state index in [1.165, 1.54) is 0 Å². The van der Waals surface area contributed by atoms with Crippen LogP contribution in [-0.2, 0) is 4.74 Å². The van der Waals surface area contributed by atoms with Gasteiger partial charge >= 0.3 is 0 Å². The summed E-state index contributed by atoms with van der Waals surface area (Å²) in [6.07, 6.45) is 0. The molecule has 5 rings (SSSR count). The van der Waals surface area contributed by atoms with Crippen LogP contribution in [0, 0.1) is 0 Å². The average Bonchev–Trinajstić information content (AvgIpc) is 3.12. The molecule has 0 unspecified atom stereocenters. The molecule has 6 heteroatoms. The number of phenols is 1. The minimum atomic E-state index is -0.100. The molecular weight excluding hydrogens is 354 g/mol. The molecule has 1 aliphatic rings. The molecule has 4 aromatic rings. The van der Waals surface area contributed by atoms with Crippen LogP contribution in [0.1, 0.15) is 10.5 Å². The van der Waals surface area contributed by atoms with Gasteiger partial charge in [-0.25, -0.2) is 4.98 Å². The maximum Gasteiger partial charge on any atom is 0.272 e. The number of morpholine rings is 1. The summed E-state index contributed by atoms with van der Waals surface area (Å²) in [4.78, 5) is 23.0. The number of nitrogens with one attached hydrogen (secondary N) is 1. The van der Waals surface area contributed by atoms with Crippen LogP contribution in [0.5, 0.6) is 5.75 Å². The zero-order valence-electron chi connectivity index (χ0n) is 15.2. The first kappa shape index (κ1) is 16.8. The number of hydrogen-bond donors (Lipinski definition) is 2. The number of carbonyl (C=O) groups excluding carboxylic acids is 1. The highest BCUT2D eigenvalue weighted by atomic mass is 16.5. The molecule has 0 aliphatic carbocycles. The van der Waals surface area contributed by atoms with Gasteiger partial charge in [-0.15, -0.1) is 0 Å². The Morgan fingerprint density at radius 2 is 1.86 bits per heavy atom. The van der Waals surface area contributed by atoms with Crippen LogP contribution in [0.3, 0.4) is 0 Å². The average molecular weight is 373 g/mol. The van der Waals surface area contributed by atoms with Crippen molar-refractivity contribution in [2.24, 2.45) is 0 Å². The fourth-order valence-corrected chi connectivity index (χ4v) is 3.75. The standard InChI is InChI=1S/C22H19N3O3/c26-15-5-3-4-14(12-15)20-21-17(16-6-1-2-7-18(16)23-21)13-19(24-20)22(27)25-8-10-28-11-9-25/h1-7,12-13,23,26H,8-11H2. The second-order valence-corrected chi connectivity index (χ2v) is 6.90. The Morgan fingerprint density at radius 1 is 1.04 bits per heavy atom. The van der Waals surface area contributed by atoms with Crippen molar-refractivity contribution >= 4 is 27.7 Å². The monoisotopic (exact) mass is 373 g/mol. The first-order valence-corrected chi connectivity index (χ1v) is 9.28. The van der Waals surface area contributed by atoms with E-state index >= 15 is 0 Å². The van der Waals surface area contributed by atoms with Gasteiger partial charge in [0.05, 0.1) is 24.4 Å². The lowest BCUT2D eigenvalue weighted by Gasteiger charge is -2.26. The molecule has 1 aliphatic heterocycles. The molecule has 1 fully saturated rings. The molecule has 3 heterocycles. The van der Waals surface area contributed by atoms with Crippen molar-refractivity contribution in [1.29, 1.82) is 0 Å². The van der Waals surface area contributed by atoms with E-state index in [-0.39, 0.29) is 11.7 Å². The number of fused-ring (bicyclic) bond motifs is 3. The van der Waals surface area contributed by atoms with Crippen molar-refractivity contribution < 1.29 is 14.6 Å². The van der Waals surface area contributed by atoms with Crippen molar-refractivity contribution in [3.63, 3.8) is 0 Å². The summed E-state index contributed by atoms with van der Waals surface area (Å²) in [6.45, 7) is 2.21. The van der Waals surface area contributed by atoms with Crippen molar-refractivity contribution in [1.82, 2.24) is 14.9 Å². The lowest BCUT2D eigenvalue weighted by molar-refractivity contribution is 0.0299.